The van der Waals surface area contributed by atoms with E-state index in [4.69, 9.17) is 16.1 Å². The second-order valence-corrected chi connectivity index (χ2v) is 6.03. The summed E-state index contributed by atoms with van der Waals surface area (Å²) in [4.78, 5) is 16.5. The van der Waals surface area contributed by atoms with Crippen LogP contribution in [0.3, 0.4) is 0 Å². The zero-order valence-corrected chi connectivity index (χ0v) is 13.2. The van der Waals surface area contributed by atoms with Gasteiger partial charge < -0.3 is 4.52 Å². The molecule has 0 amide bonds. The minimum absolute atomic E-state index is 0.170. The van der Waals surface area contributed by atoms with Crippen molar-refractivity contribution in [3.63, 3.8) is 0 Å². The molecule has 0 bridgehead atoms. The lowest BCUT2D eigenvalue weighted by Crippen LogP contribution is -2.24. The number of benzene rings is 1. The highest BCUT2D eigenvalue weighted by Gasteiger charge is 2.30. The Hall–Kier alpha value is -2.41. The van der Waals surface area contributed by atoms with E-state index >= 15 is 0 Å². The van der Waals surface area contributed by atoms with Crippen molar-refractivity contribution in [2.75, 3.05) is 0 Å². The van der Waals surface area contributed by atoms with E-state index in [1.54, 1.807) is 23.7 Å². The van der Waals surface area contributed by atoms with Crippen molar-refractivity contribution in [1.82, 2.24) is 24.5 Å². The molecule has 7 nitrogen and oxygen atoms in total. The lowest BCUT2D eigenvalue weighted by Gasteiger charge is -1.96. The zero-order chi connectivity index (χ0) is 16.0. The lowest BCUT2D eigenvalue weighted by molar-refractivity contribution is 0.418. The molecular weight excluding hydrogens is 318 g/mol. The monoisotopic (exact) mass is 331 g/mol. The zero-order valence-electron chi connectivity index (χ0n) is 12.4. The van der Waals surface area contributed by atoms with Crippen LogP contribution in [0.5, 0.6) is 0 Å². The number of halogens is 1. The van der Waals surface area contributed by atoms with Crippen LogP contribution >= 0.6 is 11.6 Å². The maximum atomic E-state index is 12.2. The molecule has 0 unspecified atom stereocenters. The molecule has 3 aromatic rings. The summed E-state index contributed by atoms with van der Waals surface area (Å²) in [5.41, 5.74) is 0.496. The number of rotatable bonds is 4. The Kier molecular flexibility index (Phi) is 3.30. The summed E-state index contributed by atoms with van der Waals surface area (Å²) in [6, 6.07) is 7.23. The fourth-order valence-electron chi connectivity index (χ4n) is 2.50. The molecule has 1 fully saturated rings. The number of hydrogen-bond acceptors (Lipinski definition) is 5. The molecule has 0 radical (unpaired) electrons. The van der Waals surface area contributed by atoms with Crippen molar-refractivity contribution >= 4 is 11.6 Å². The molecule has 1 aliphatic rings. The van der Waals surface area contributed by atoms with Crippen molar-refractivity contribution in [1.29, 1.82) is 0 Å². The highest BCUT2D eigenvalue weighted by Crippen LogP contribution is 2.38. The first-order chi connectivity index (χ1) is 11.1. The standard InChI is InChI=1S/C15H14ClN5O2/c1-20-13(9-6-7-9)18-21(15(20)22)8-12-17-14(23-19-12)10-4-2-3-5-11(10)16/h2-5,9H,6-8H2,1H3. The van der Waals surface area contributed by atoms with Crippen molar-refractivity contribution < 1.29 is 4.52 Å². The van der Waals surface area contributed by atoms with E-state index in [1.165, 1.54) is 4.68 Å². The van der Waals surface area contributed by atoms with Crippen LogP contribution in [0.1, 0.15) is 30.4 Å². The lowest BCUT2D eigenvalue weighted by atomic mass is 10.2. The maximum absolute atomic E-state index is 12.2. The van der Waals surface area contributed by atoms with Crippen LogP contribution < -0.4 is 5.69 Å². The van der Waals surface area contributed by atoms with Gasteiger partial charge in [-0.2, -0.15) is 10.1 Å². The van der Waals surface area contributed by atoms with Crippen LogP contribution in [0.4, 0.5) is 0 Å². The van der Waals surface area contributed by atoms with E-state index in [1.807, 2.05) is 12.1 Å². The van der Waals surface area contributed by atoms with E-state index in [9.17, 15) is 4.79 Å². The average Bonchev–Trinajstić information content (AvgIpc) is 3.23. The van der Waals surface area contributed by atoms with E-state index < -0.39 is 0 Å². The smallest absolute Gasteiger partial charge is 0.334 e. The van der Waals surface area contributed by atoms with Gasteiger partial charge in [-0.1, -0.05) is 28.9 Å². The quantitative estimate of drug-likeness (QED) is 0.732. The molecule has 2 heterocycles. The van der Waals surface area contributed by atoms with Crippen molar-refractivity contribution in [2.45, 2.75) is 25.3 Å². The molecule has 1 saturated carbocycles. The van der Waals surface area contributed by atoms with Crippen LogP contribution in [0, 0.1) is 0 Å². The molecule has 2 aromatic heterocycles. The molecule has 118 valence electrons. The molecule has 0 spiro atoms. The fraction of sp³-hybridized carbons (Fsp3) is 0.333. The Morgan fingerprint density at radius 2 is 2.13 bits per heavy atom. The summed E-state index contributed by atoms with van der Waals surface area (Å²) in [5, 5.41) is 8.84. The predicted octanol–water partition coefficient (Wildman–Crippen LogP) is 2.21. The molecule has 0 atom stereocenters. The molecule has 23 heavy (non-hydrogen) atoms. The first-order valence-electron chi connectivity index (χ1n) is 7.34. The van der Waals surface area contributed by atoms with Gasteiger partial charge in [0.25, 0.3) is 5.89 Å². The molecule has 0 saturated heterocycles. The van der Waals surface area contributed by atoms with Gasteiger partial charge in [-0.3, -0.25) is 4.57 Å². The fourth-order valence-corrected chi connectivity index (χ4v) is 2.72. The van der Waals surface area contributed by atoms with Gasteiger partial charge >= 0.3 is 5.69 Å². The van der Waals surface area contributed by atoms with Crippen molar-refractivity contribution in [2.24, 2.45) is 7.05 Å². The first kappa shape index (κ1) is 14.2. The number of hydrogen-bond donors (Lipinski definition) is 0. The van der Waals surface area contributed by atoms with Crippen molar-refractivity contribution in [3.05, 3.63) is 51.4 Å². The Morgan fingerprint density at radius 3 is 2.87 bits per heavy atom. The van der Waals surface area contributed by atoms with Gasteiger partial charge in [-0.25, -0.2) is 9.48 Å². The van der Waals surface area contributed by atoms with Crippen LogP contribution in [-0.2, 0) is 13.6 Å². The predicted molar refractivity (Wildman–Crippen MR) is 83.3 cm³/mol. The molecule has 0 aliphatic heterocycles. The maximum Gasteiger partial charge on any atom is 0.346 e. The molecule has 0 N–H and O–H groups in total. The van der Waals surface area contributed by atoms with Crippen LogP contribution in [0.25, 0.3) is 11.5 Å². The summed E-state index contributed by atoms with van der Waals surface area (Å²) in [6.45, 7) is 0.174. The van der Waals surface area contributed by atoms with Gasteiger partial charge in [-0.15, -0.1) is 0 Å². The minimum atomic E-state index is -0.170. The Labute approximate surface area is 136 Å². The van der Waals surface area contributed by atoms with Gasteiger partial charge in [-0.05, 0) is 25.0 Å². The summed E-state index contributed by atoms with van der Waals surface area (Å²) in [7, 11) is 1.74. The normalized spacial score (nSPS) is 14.3. The van der Waals surface area contributed by atoms with E-state index in [0.717, 1.165) is 18.7 Å². The van der Waals surface area contributed by atoms with Crippen LogP contribution in [0.15, 0.2) is 33.6 Å². The topological polar surface area (TPSA) is 78.7 Å². The number of nitrogens with zero attached hydrogens (tertiary/aromatic N) is 5. The third-order valence-corrected chi connectivity index (χ3v) is 4.21. The molecule has 4 rings (SSSR count). The Bertz CT molecular complexity index is 922. The molecule has 1 aliphatic carbocycles. The molecule has 1 aromatic carbocycles. The van der Waals surface area contributed by atoms with Crippen LogP contribution in [0.2, 0.25) is 5.02 Å². The SMILES string of the molecule is Cn1c(C2CC2)nn(Cc2noc(-c3ccccc3Cl)n2)c1=O. The van der Waals surface area contributed by atoms with Gasteiger partial charge in [0.2, 0.25) is 0 Å². The first-order valence-corrected chi connectivity index (χ1v) is 7.72. The molecule has 8 heteroatoms. The molecular formula is C15H14ClN5O2. The van der Waals surface area contributed by atoms with Gasteiger partial charge in [0.1, 0.15) is 12.4 Å². The summed E-state index contributed by atoms with van der Waals surface area (Å²) < 4.78 is 8.20. The minimum Gasteiger partial charge on any atom is -0.334 e. The third kappa shape index (κ3) is 2.57. The highest BCUT2D eigenvalue weighted by atomic mass is 35.5. The average molecular weight is 332 g/mol. The highest BCUT2D eigenvalue weighted by molar-refractivity contribution is 6.33. The van der Waals surface area contributed by atoms with Gasteiger partial charge in [0.15, 0.2) is 5.82 Å². The largest absolute Gasteiger partial charge is 0.346 e. The Morgan fingerprint density at radius 1 is 1.35 bits per heavy atom. The second kappa shape index (κ2) is 5.34. The summed E-state index contributed by atoms with van der Waals surface area (Å²) >= 11 is 6.12. The van der Waals surface area contributed by atoms with Gasteiger partial charge in [0, 0.05) is 13.0 Å². The third-order valence-electron chi connectivity index (χ3n) is 3.88. The number of aromatic nitrogens is 5. The van der Waals surface area contributed by atoms with E-state index in [0.29, 0.717) is 28.2 Å². The van der Waals surface area contributed by atoms with E-state index in [-0.39, 0.29) is 12.2 Å². The van der Waals surface area contributed by atoms with E-state index in [2.05, 4.69) is 15.2 Å². The summed E-state index contributed by atoms with van der Waals surface area (Å²) in [6.07, 6.45) is 2.17. The summed E-state index contributed by atoms with van der Waals surface area (Å²) in [5.74, 6) is 1.95. The second-order valence-electron chi connectivity index (χ2n) is 5.63. The van der Waals surface area contributed by atoms with Crippen molar-refractivity contribution in [3.8, 4) is 11.5 Å². The van der Waals surface area contributed by atoms with Crippen LogP contribution in [-0.4, -0.2) is 24.5 Å². The Balaban J connectivity index is 1.62. The van der Waals surface area contributed by atoms with Gasteiger partial charge in [0.05, 0.1) is 10.6 Å².